The predicted octanol–water partition coefficient (Wildman–Crippen LogP) is 5.36. The molecule has 37 heavy (non-hydrogen) atoms. The number of ether oxygens (including phenoxy) is 1. The van der Waals surface area contributed by atoms with Crippen molar-refractivity contribution in [2.45, 2.75) is 25.0 Å². The number of likely N-dealkylation sites (tertiary alicyclic amines) is 1. The van der Waals surface area contributed by atoms with Crippen LogP contribution in [0.4, 0.5) is 0 Å². The molecule has 5 aromatic rings. The number of halogens is 1. The minimum Gasteiger partial charge on any atom is -0.497 e. The molecule has 1 aliphatic heterocycles. The first-order valence-electron chi connectivity index (χ1n) is 12.3. The van der Waals surface area contributed by atoms with Crippen LogP contribution in [0.15, 0.2) is 73.1 Å². The molecule has 0 spiro atoms. The van der Waals surface area contributed by atoms with Crippen molar-refractivity contribution in [1.29, 1.82) is 0 Å². The van der Waals surface area contributed by atoms with Gasteiger partial charge in [-0.25, -0.2) is 4.98 Å². The van der Waals surface area contributed by atoms with Crippen molar-refractivity contribution in [2.75, 3.05) is 20.2 Å². The van der Waals surface area contributed by atoms with Crippen molar-refractivity contribution in [1.82, 2.24) is 19.4 Å². The lowest BCUT2D eigenvalue weighted by atomic mass is 9.84. The van der Waals surface area contributed by atoms with Crippen molar-refractivity contribution in [3.8, 4) is 17.0 Å². The van der Waals surface area contributed by atoms with Crippen LogP contribution in [0.1, 0.15) is 18.4 Å². The van der Waals surface area contributed by atoms with Gasteiger partial charge >= 0.3 is 0 Å². The summed E-state index contributed by atoms with van der Waals surface area (Å²) in [4.78, 5) is 23.0. The van der Waals surface area contributed by atoms with Gasteiger partial charge in [0, 0.05) is 58.1 Å². The van der Waals surface area contributed by atoms with Crippen LogP contribution in [0, 0.1) is 0 Å². The highest BCUT2D eigenvalue weighted by atomic mass is 35.5. The summed E-state index contributed by atoms with van der Waals surface area (Å²) in [5, 5.41) is 13.9. The van der Waals surface area contributed by atoms with Gasteiger partial charge in [-0.15, -0.1) is 0 Å². The largest absolute Gasteiger partial charge is 0.497 e. The number of pyridine rings is 1. The molecular weight excluding hydrogens is 488 g/mol. The van der Waals surface area contributed by atoms with Gasteiger partial charge in [-0.05, 0) is 66.9 Å². The second-order valence-corrected chi connectivity index (χ2v) is 10.0. The number of nitrogens with one attached hydrogen (secondary N) is 1. The van der Waals surface area contributed by atoms with Gasteiger partial charge in [0.25, 0.3) is 0 Å². The summed E-state index contributed by atoms with van der Waals surface area (Å²) >= 11 is 6.01. The zero-order chi connectivity index (χ0) is 25.6. The molecule has 0 radical (unpaired) electrons. The summed E-state index contributed by atoms with van der Waals surface area (Å²) in [6.45, 7) is 1.19. The number of hydrogen-bond acceptors (Lipinski definition) is 4. The molecule has 1 fully saturated rings. The van der Waals surface area contributed by atoms with Crippen LogP contribution in [0.3, 0.4) is 0 Å². The maximum atomic E-state index is 13.4. The van der Waals surface area contributed by atoms with Crippen molar-refractivity contribution in [3.05, 3.63) is 83.6 Å². The number of H-pyrrole nitrogens is 1. The molecule has 0 aliphatic carbocycles. The topological polar surface area (TPSA) is 83.4 Å². The average molecular weight is 515 g/mol. The van der Waals surface area contributed by atoms with Gasteiger partial charge < -0.3 is 24.3 Å². The lowest BCUT2D eigenvalue weighted by molar-refractivity contribution is -0.136. The Kier molecular flexibility index (Phi) is 5.89. The Morgan fingerprint density at radius 1 is 1.14 bits per heavy atom. The molecular formula is C29H27ClN4O3. The van der Waals surface area contributed by atoms with E-state index < -0.39 is 5.60 Å². The number of methoxy groups -OCH3 is 1. The molecule has 8 heteroatoms. The van der Waals surface area contributed by atoms with E-state index in [0.29, 0.717) is 31.0 Å². The number of amides is 1. The van der Waals surface area contributed by atoms with E-state index in [1.165, 1.54) is 0 Å². The highest BCUT2D eigenvalue weighted by Crippen LogP contribution is 2.36. The molecule has 7 nitrogen and oxygen atoms in total. The first-order valence-corrected chi connectivity index (χ1v) is 12.7. The normalized spacial score (nSPS) is 15.4. The van der Waals surface area contributed by atoms with Crippen LogP contribution in [-0.2, 0) is 16.9 Å². The van der Waals surface area contributed by atoms with E-state index in [1.54, 1.807) is 25.4 Å². The quantitative estimate of drug-likeness (QED) is 0.331. The van der Waals surface area contributed by atoms with Crippen molar-refractivity contribution >= 4 is 39.4 Å². The summed E-state index contributed by atoms with van der Waals surface area (Å²) in [6.07, 6.45) is 4.75. The highest BCUT2D eigenvalue weighted by Gasteiger charge is 2.35. The number of fused-ring (bicyclic) bond motifs is 2. The number of aromatic amines is 1. The number of rotatable bonds is 5. The minimum atomic E-state index is -0.950. The van der Waals surface area contributed by atoms with Crippen molar-refractivity contribution in [2.24, 2.45) is 0 Å². The molecule has 2 aromatic carbocycles. The fourth-order valence-electron chi connectivity index (χ4n) is 5.27. The standard InChI is InChI=1S/C29H27ClN4O3/c1-37-22-8-9-26-23(16-22)24(25-15-19-3-2-12-31-28(19)32-25)17-34(26)18-27(35)33-13-10-29(36,11-14-33)20-4-6-21(30)7-5-20/h2-9,12,15-17,36H,10-11,13-14,18H2,1H3,(H,31,32). The van der Waals surface area contributed by atoms with Crippen LogP contribution < -0.4 is 4.74 Å². The zero-order valence-corrected chi connectivity index (χ0v) is 21.2. The van der Waals surface area contributed by atoms with Crippen LogP contribution in [0.25, 0.3) is 33.2 Å². The third-order valence-electron chi connectivity index (χ3n) is 7.40. The van der Waals surface area contributed by atoms with Crippen LogP contribution >= 0.6 is 11.6 Å². The number of carbonyl (C=O) groups is 1. The van der Waals surface area contributed by atoms with Gasteiger partial charge in [-0.2, -0.15) is 0 Å². The molecule has 0 bridgehead atoms. The Labute approximate surface area is 219 Å². The molecule has 188 valence electrons. The average Bonchev–Trinajstić information content (AvgIpc) is 3.50. The molecule has 1 aliphatic rings. The number of hydrogen-bond donors (Lipinski definition) is 2. The fraction of sp³-hybridized carbons (Fsp3) is 0.241. The summed E-state index contributed by atoms with van der Waals surface area (Å²) in [7, 11) is 1.65. The number of aliphatic hydroxyl groups is 1. The van der Waals surface area contributed by atoms with E-state index in [1.807, 2.05) is 58.1 Å². The van der Waals surface area contributed by atoms with Gasteiger partial charge in [0.1, 0.15) is 17.9 Å². The summed E-state index contributed by atoms with van der Waals surface area (Å²) < 4.78 is 7.47. The van der Waals surface area contributed by atoms with Gasteiger partial charge in [0.05, 0.1) is 12.7 Å². The maximum Gasteiger partial charge on any atom is 0.242 e. The zero-order valence-electron chi connectivity index (χ0n) is 20.4. The van der Waals surface area contributed by atoms with Crippen LogP contribution in [-0.4, -0.2) is 50.6 Å². The molecule has 0 atom stereocenters. The Balaban J connectivity index is 1.26. The number of aromatic nitrogens is 3. The van der Waals surface area contributed by atoms with Crippen LogP contribution in [0.5, 0.6) is 5.75 Å². The van der Waals surface area contributed by atoms with E-state index >= 15 is 0 Å². The SMILES string of the molecule is COc1ccc2c(c1)c(-c1cc3cccnc3[nH]1)cn2CC(=O)N1CCC(O)(c2ccc(Cl)cc2)CC1. The van der Waals surface area contributed by atoms with E-state index in [0.717, 1.165) is 44.5 Å². The first kappa shape index (κ1) is 23.6. The second-order valence-electron chi connectivity index (χ2n) is 9.60. The van der Waals surface area contributed by atoms with Crippen molar-refractivity contribution in [3.63, 3.8) is 0 Å². The van der Waals surface area contributed by atoms with Crippen molar-refractivity contribution < 1.29 is 14.6 Å². The predicted molar refractivity (Wildman–Crippen MR) is 145 cm³/mol. The van der Waals surface area contributed by atoms with Gasteiger partial charge in [0.15, 0.2) is 0 Å². The number of carbonyl (C=O) groups excluding carboxylic acids is 1. The maximum absolute atomic E-state index is 13.4. The molecule has 6 rings (SSSR count). The number of benzene rings is 2. The summed E-state index contributed by atoms with van der Waals surface area (Å²) in [5.74, 6) is 0.778. The molecule has 4 heterocycles. The fourth-order valence-corrected chi connectivity index (χ4v) is 5.40. The summed E-state index contributed by atoms with van der Waals surface area (Å²) in [6, 6.07) is 19.2. The third-order valence-corrected chi connectivity index (χ3v) is 7.65. The van der Waals surface area contributed by atoms with E-state index in [2.05, 4.69) is 16.0 Å². The smallest absolute Gasteiger partial charge is 0.242 e. The number of piperidine rings is 1. The molecule has 3 aromatic heterocycles. The Morgan fingerprint density at radius 3 is 2.65 bits per heavy atom. The lowest BCUT2D eigenvalue weighted by Crippen LogP contribution is -2.46. The monoisotopic (exact) mass is 514 g/mol. The minimum absolute atomic E-state index is 0.0238. The highest BCUT2D eigenvalue weighted by molar-refractivity contribution is 6.30. The van der Waals surface area contributed by atoms with Gasteiger partial charge in [-0.3, -0.25) is 4.79 Å². The van der Waals surface area contributed by atoms with Gasteiger partial charge in [0.2, 0.25) is 5.91 Å². The second kappa shape index (κ2) is 9.25. The molecule has 1 saturated heterocycles. The Morgan fingerprint density at radius 2 is 1.92 bits per heavy atom. The molecule has 1 amide bonds. The third kappa shape index (κ3) is 4.34. The van der Waals surface area contributed by atoms with E-state index in [-0.39, 0.29) is 12.5 Å². The Bertz CT molecular complexity index is 1560. The molecule has 2 N–H and O–H groups in total. The van der Waals surface area contributed by atoms with E-state index in [9.17, 15) is 9.90 Å². The molecule has 0 saturated carbocycles. The van der Waals surface area contributed by atoms with E-state index in [4.69, 9.17) is 16.3 Å². The first-order chi connectivity index (χ1) is 17.9. The Hall–Kier alpha value is -3.81. The van der Waals surface area contributed by atoms with Gasteiger partial charge in [-0.1, -0.05) is 23.7 Å². The molecule has 0 unspecified atom stereocenters. The lowest BCUT2D eigenvalue weighted by Gasteiger charge is -2.38. The summed E-state index contributed by atoms with van der Waals surface area (Å²) in [5.41, 5.74) is 3.57. The number of nitrogens with zero attached hydrogens (tertiary/aromatic N) is 3. The van der Waals surface area contributed by atoms with Crippen LogP contribution in [0.2, 0.25) is 5.02 Å².